The third-order valence-corrected chi connectivity index (χ3v) is 3.33. The van der Waals surface area contributed by atoms with Crippen LogP contribution in [0, 0.1) is 0 Å². The Kier molecular flexibility index (Phi) is 5.62. The van der Waals surface area contributed by atoms with Crippen LogP contribution in [-0.2, 0) is 4.74 Å². The van der Waals surface area contributed by atoms with Crippen LogP contribution in [0.1, 0.15) is 24.2 Å². The number of rotatable bonds is 5. The molecule has 4 nitrogen and oxygen atoms in total. The molecule has 1 amide bonds. The molecule has 0 aliphatic heterocycles. The van der Waals surface area contributed by atoms with Crippen LogP contribution < -0.4 is 5.73 Å². The first-order valence-electron chi connectivity index (χ1n) is 5.82. The standard InChI is InChI=1S/C13H19BrN2O2/c1-9(2)16(6-7-18-3)13(17)11-8-10(15)4-5-12(11)14/h4-5,8-9H,6-7,15H2,1-3H3. The summed E-state index contributed by atoms with van der Waals surface area (Å²) in [6.45, 7) is 5.04. The van der Waals surface area contributed by atoms with Crippen molar-refractivity contribution in [3.8, 4) is 0 Å². The molecule has 1 aromatic rings. The number of ether oxygens (including phenoxy) is 1. The first-order valence-corrected chi connectivity index (χ1v) is 6.61. The lowest BCUT2D eigenvalue weighted by Crippen LogP contribution is -2.39. The van der Waals surface area contributed by atoms with Gasteiger partial charge in [0, 0.05) is 29.9 Å². The molecular weight excluding hydrogens is 296 g/mol. The molecule has 0 spiro atoms. The zero-order chi connectivity index (χ0) is 13.7. The van der Waals surface area contributed by atoms with Crippen molar-refractivity contribution in [1.29, 1.82) is 0 Å². The summed E-state index contributed by atoms with van der Waals surface area (Å²) in [5.74, 6) is -0.0405. The number of nitrogens with two attached hydrogens (primary N) is 1. The molecule has 0 radical (unpaired) electrons. The number of carbonyl (C=O) groups excluding carboxylic acids is 1. The molecule has 0 saturated heterocycles. The number of nitrogen functional groups attached to an aromatic ring is 1. The molecule has 0 aromatic heterocycles. The zero-order valence-corrected chi connectivity index (χ0v) is 12.5. The van der Waals surface area contributed by atoms with Crippen molar-refractivity contribution in [2.45, 2.75) is 19.9 Å². The SMILES string of the molecule is COCCN(C(=O)c1cc(N)ccc1Br)C(C)C. The Morgan fingerprint density at radius 2 is 2.17 bits per heavy atom. The molecule has 0 atom stereocenters. The Labute approximate surface area is 116 Å². The summed E-state index contributed by atoms with van der Waals surface area (Å²) in [4.78, 5) is 14.2. The van der Waals surface area contributed by atoms with E-state index in [0.29, 0.717) is 24.4 Å². The minimum absolute atomic E-state index is 0.0405. The van der Waals surface area contributed by atoms with E-state index in [-0.39, 0.29) is 11.9 Å². The molecule has 5 heteroatoms. The van der Waals surface area contributed by atoms with Crippen LogP contribution in [0.3, 0.4) is 0 Å². The van der Waals surface area contributed by atoms with E-state index >= 15 is 0 Å². The van der Waals surface area contributed by atoms with Gasteiger partial charge in [0.25, 0.3) is 5.91 Å². The summed E-state index contributed by atoms with van der Waals surface area (Å²) in [5, 5.41) is 0. The number of methoxy groups -OCH3 is 1. The minimum Gasteiger partial charge on any atom is -0.399 e. The number of benzene rings is 1. The number of amides is 1. The molecular formula is C13H19BrN2O2. The zero-order valence-electron chi connectivity index (χ0n) is 10.9. The Balaban J connectivity index is 2.98. The van der Waals surface area contributed by atoms with Gasteiger partial charge in [0.05, 0.1) is 12.2 Å². The van der Waals surface area contributed by atoms with Crippen LogP contribution in [0.2, 0.25) is 0 Å². The molecule has 18 heavy (non-hydrogen) atoms. The van der Waals surface area contributed by atoms with Gasteiger partial charge in [-0.3, -0.25) is 4.79 Å². The Bertz CT molecular complexity index is 421. The topological polar surface area (TPSA) is 55.6 Å². The maximum atomic E-state index is 12.5. The largest absolute Gasteiger partial charge is 0.399 e. The lowest BCUT2D eigenvalue weighted by Gasteiger charge is -2.27. The van der Waals surface area contributed by atoms with E-state index in [0.717, 1.165) is 4.47 Å². The van der Waals surface area contributed by atoms with Crippen molar-refractivity contribution in [2.24, 2.45) is 0 Å². The third kappa shape index (κ3) is 3.71. The fourth-order valence-electron chi connectivity index (χ4n) is 1.65. The summed E-state index contributed by atoms with van der Waals surface area (Å²) >= 11 is 3.38. The van der Waals surface area contributed by atoms with Crippen LogP contribution in [0.4, 0.5) is 5.69 Å². The Morgan fingerprint density at radius 1 is 1.50 bits per heavy atom. The number of hydrogen-bond donors (Lipinski definition) is 1. The third-order valence-electron chi connectivity index (χ3n) is 2.64. The average Bonchev–Trinajstić information content (AvgIpc) is 2.32. The maximum Gasteiger partial charge on any atom is 0.255 e. The molecule has 0 fully saturated rings. The number of carbonyl (C=O) groups is 1. The van der Waals surface area contributed by atoms with Gasteiger partial charge in [-0.1, -0.05) is 0 Å². The van der Waals surface area contributed by atoms with Gasteiger partial charge in [-0.15, -0.1) is 0 Å². The van der Waals surface area contributed by atoms with Gasteiger partial charge in [0.15, 0.2) is 0 Å². The number of hydrogen-bond acceptors (Lipinski definition) is 3. The molecule has 0 heterocycles. The van der Waals surface area contributed by atoms with Gasteiger partial charge in [-0.25, -0.2) is 0 Å². The normalized spacial score (nSPS) is 10.7. The van der Waals surface area contributed by atoms with E-state index in [9.17, 15) is 4.79 Å². The monoisotopic (exact) mass is 314 g/mol. The Morgan fingerprint density at radius 3 is 2.72 bits per heavy atom. The molecule has 0 unspecified atom stereocenters. The molecule has 100 valence electrons. The van der Waals surface area contributed by atoms with E-state index < -0.39 is 0 Å². The highest BCUT2D eigenvalue weighted by molar-refractivity contribution is 9.10. The first kappa shape index (κ1) is 15.0. The second-order valence-corrected chi connectivity index (χ2v) is 5.18. The predicted molar refractivity (Wildman–Crippen MR) is 76.6 cm³/mol. The summed E-state index contributed by atoms with van der Waals surface area (Å²) in [6.07, 6.45) is 0. The molecule has 2 N–H and O–H groups in total. The van der Waals surface area contributed by atoms with Crippen LogP contribution >= 0.6 is 15.9 Å². The van der Waals surface area contributed by atoms with Gasteiger partial charge in [-0.05, 0) is 48.0 Å². The van der Waals surface area contributed by atoms with Crippen molar-refractivity contribution in [3.63, 3.8) is 0 Å². The van der Waals surface area contributed by atoms with E-state index in [1.807, 2.05) is 13.8 Å². The van der Waals surface area contributed by atoms with Crippen molar-refractivity contribution in [3.05, 3.63) is 28.2 Å². The highest BCUT2D eigenvalue weighted by atomic mass is 79.9. The van der Waals surface area contributed by atoms with E-state index in [2.05, 4.69) is 15.9 Å². The van der Waals surface area contributed by atoms with Crippen molar-refractivity contribution < 1.29 is 9.53 Å². The quantitative estimate of drug-likeness (QED) is 0.850. The van der Waals surface area contributed by atoms with E-state index in [1.54, 1.807) is 30.2 Å². The maximum absolute atomic E-state index is 12.5. The Hall–Kier alpha value is -1.07. The van der Waals surface area contributed by atoms with Crippen LogP contribution in [-0.4, -0.2) is 37.1 Å². The lowest BCUT2D eigenvalue weighted by atomic mass is 10.1. The van der Waals surface area contributed by atoms with E-state index in [4.69, 9.17) is 10.5 Å². The summed E-state index contributed by atoms with van der Waals surface area (Å²) in [6, 6.07) is 5.35. The highest BCUT2D eigenvalue weighted by Gasteiger charge is 2.20. The van der Waals surface area contributed by atoms with Gasteiger partial charge >= 0.3 is 0 Å². The van der Waals surface area contributed by atoms with Gasteiger partial charge in [-0.2, -0.15) is 0 Å². The molecule has 0 saturated carbocycles. The molecule has 0 aliphatic rings. The molecule has 0 bridgehead atoms. The van der Waals surface area contributed by atoms with Gasteiger partial charge < -0.3 is 15.4 Å². The van der Waals surface area contributed by atoms with Crippen LogP contribution in [0.5, 0.6) is 0 Å². The summed E-state index contributed by atoms with van der Waals surface area (Å²) in [7, 11) is 1.62. The highest BCUT2D eigenvalue weighted by Crippen LogP contribution is 2.22. The van der Waals surface area contributed by atoms with E-state index in [1.165, 1.54) is 0 Å². The van der Waals surface area contributed by atoms with Crippen LogP contribution in [0.25, 0.3) is 0 Å². The summed E-state index contributed by atoms with van der Waals surface area (Å²) < 4.78 is 5.79. The molecule has 1 rings (SSSR count). The minimum atomic E-state index is -0.0405. The average molecular weight is 315 g/mol. The van der Waals surface area contributed by atoms with Crippen molar-refractivity contribution >= 4 is 27.5 Å². The number of anilines is 1. The summed E-state index contributed by atoms with van der Waals surface area (Å²) in [5.41, 5.74) is 6.89. The smallest absolute Gasteiger partial charge is 0.255 e. The van der Waals surface area contributed by atoms with Crippen LogP contribution in [0.15, 0.2) is 22.7 Å². The molecule has 0 aliphatic carbocycles. The molecule has 1 aromatic carbocycles. The fraction of sp³-hybridized carbons (Fsp3) is 0.462. The predicted octanol–water partition coefficient (Wildman–Crippen LogP) is 2.53. The number of halogens is 1. The number of nitrogens with zero attached hydrogens (tertiary/aromatic N) is 1. The fourth-order valence-corrected chi connectivity index (χ4v) is 2.06. The van der Waals surface area contributed by atoms with Gasteiger partial charge in [0.2, 0.25) is 0 Å². The second kappa shape index (κ2) is 6.75. The first-order chi connectivity index (χ1) is 8.47. The lowest BCUT2D eigenvalue weighted by molar-refractivity contribution is 0.0634. The van der Waals surface area contributed by atoms with Crippen molar-refractivity contribution in [2.75, 3.05) is 26.0 Å². The van der Waals surface area contributed by atoms with Gasteiger partial charge in [0.1, 0.15) is 0 Å². The second-order valence-electron chi connectivity index (χ2n) is 4.32. The van der Waals surface area contributed by atoms with Crippen molar-refractivity contribution in [1.82, 2.24) is 4.90 Å².